The van der Waals surface area contributed by atoms with Gasteiger partial charge in [0.05, 0.1) is 16.5 Å². The zero-order valence-corrected chi connectivity index (χ0v) is 15.4. The zero-order chi connectivity index (χ0) is 19.2. The SMILES string of the molecule is Cc1ccc(C)c(S(=O)(=O)NCCNC(=O)Nc2ccc(C#N)cc2)c1. The lowest BCUT2D eigenvalue weighted by atomic mass is 10.2. The number of carbonyl (C=O) groups is 1. The van der Waals surface area contributed by atoms with Gasteiger partial charge in [0.1, 0.15) is 0 Å². The molecule has 0 aromatic heterocycles. The molecule has 0 heterocycles. The van der Waals surface area contributed by atoms with Gasteiger partial charge < -0.3 is 10.6 Å². The number of sulfonamides is 1. The van der Waals surface area contributed by atoms with Crippen molar-refractivity contribution in [3.05, 3.63) is 59.2 Å². The van der Waals surface area contributed by atoms with E-state index in [0.717, 1.165) is 5.56 Å². The molecule has 0 saturated heterocycles. The van der Waals surface area contributed by atoms with Crippen molar-refractivity contribution in [1.82, 2.24) is 10.0 Å². The Labute approximate surface area is 153 Å². The van der Waals surface area contributed by atoms with Crippen LogP contribution in [0.15, 0.2) is 47.4 Å². The average Bonchev–Trinajstić information content (AvgIpc) is 2.61. The number of hydrogen-bond donors (Lipinski definition) is 3. The second-order valence-corrected chi connectivity index (χ2v) is 7.47. The molecule has 0 bridgehead atoms. The van der Waals surface area contributed by atoms with Crippen LogP contribution in [-0.2, 0) is 10.0 Å². The number of hydrogen-bond acceptors (Lipinski definition) is 4. The standard InChI is InChI=1S/C18H20N4O3S/c1-13-3-4-14(2)17(11-13)26(24,25)21-10-9-20-18(23)22-16-7-5-15(12-19)6-8-16/h3-8,11,21H,9-10H2,1-2H3,(H2,20,22,23). The summed E-state index contributed by atoms with van der Waals surface area (Å²) in [7, 11) is -3.63. The highest BCUT2D eigenvalue weighted by molar-refractivity contribution is 7.89. The number of urea groups is 1. The minimum absolute atomic E-state index is 0.0660. The summed E-state index contributed by atoms with van der Waals surface area (Å²) in [6.45, 7) is 3.76. The molecule has 0 saturated carbocycles. The summed E-state index contributed by atoms with van der Waals surface area (Å²) in [6.07, 6.45) is 0. The van der Waals surface area contributed by atoms with Crippen LogP contribution in [0.5, 0.6) is 0 Å². The molecule has 2 aromatic carbocycles. The Morgan fingerprint density at radius 2 is 1.77 bits per heavy atom. The minimum atomic E-state index is -3.63. The molecule has 0 unspecified atom stereocenters. The third-order valence-electron chi connectivity index (χ3n) is 3.61. The molecule has 0 radical (unpaired) electrons. The van der Waals surface area contributed by atoms with Gasteiger partial charge in [0, 0.05) is 18.8 Å². The van der Waals surface area contributed by atoms with Gasteiger partial charge in [-0.1, -0.05) is 12.1 Å². The molecule has 0 spiro atoms. The molecule has 0 fully saturated rings. The number of anilines is 1. The highest BCUT2D eigenvalue weighted by atomic mass is 32.2. The van der Waals surface area contributed by atoms with Gasteiger partial charge in [0.25, 0.3) is 0 Å². The fraction of sp³-hybridized carbons (Fsp3) is 0.222. The van der Waals surface area contributed by atoms with Crippen molar-refractivity contribution in [3.8, 4) is 6.07 Å². The number of aryl methyl sites for hydroxylation is 2. The Hall–Kier alpha value is -2.89. The van der Waals surface area contributed by atoms with Gasteiger partial charge in [-0.2, -0.15) is 5.26 Å². The van der Waals surface area contributed by atoms with Gasteiger partial charge in [-0.15, -0.1) is 0 Å². The normalized spacial score (nSPS) is 10.8. The Balaban J connectivity index is 1.82. The molecule has 2 amide bonds. The van der Waals surface area contributed by atoms with E-state index in [2.05, 4.69) is 15.4 Å². The number of nitrogens with one attached hydrogen (secondary N) is 3. The second-order valence-electron chi connectivity index (χ2n) is 5.74. The van der Waals surface area contributed by atoms with Gasteiger partial charge >= 0.3 is 6.03 Å². The van der Waals surface area contributed by atoms with E-state index < -0.39 is 16.1 Å². The highest BCUT2D eigenvalue weighted by Gasteiger charge is 2.16. The van der Waals surface area contributed by atoms with Crippen molar-refractivity contribution < 1.29 is 13.2 Å². The Morgan fingerprint density at radius 3 is 2.42 bits per heavy atom. The smallest absolute Gasteiger partial charge is 0.319 e. The Morgan fingerprint density at radius 1 is 1.08 bits per heavy atom. The number of nitriles is 1. The molecule has 136 valence electrons. The number of carbonyl (C=O) groups excluding carboxylic acids is 1. The van der Waals surface area contributed by atoms with Gasteiger partial charge in [0.15, 0.2) is 0 Å². The van der Waals surface area contributed by atoms with Crippen molar-refractivity contribution >= 4 is 21.7 Å². The molecule has 0 aliphatic rings. The molecule has 0 aliphatic heterocycles. The monoisotopic (exact) mass is 372 g/mol. The molecular weight excluding hydrogens is 352 g/mol. The molecule has 7 nitrogen and oxygen atoms in total. The summed E-state index contributed by atoms with van der Waals surface area (Å²) in [5.74, 6) is 0. The largest absolute Gasteiger partial charge is 0.337 e. The summed E-state index contributed by atoms with van der Waals surface area (Å²) >= 11 is 0. The first kappa shape index (κ1) is 19.4. The maximum absolute atomic E-state index is 12.3. The van der Waals surface area contributed by atoms with Crippen LogP contribution in [0.2, 0.25) is 0 Å². The molecule has 3 N–H and O–H groups in total. The fourth-order valence-electron chi connectivity index (χ4n) is 2.24. The van der Waals surface area contributed by atoms with E-state index in [-0.39, 0.29) is 18.0 Å². The first-order valence-corrected chi connectivity index (χ1v) is 9.42. The van der Waals surface area contributed by atoms with Gasteiger partial charge in [-0.3, -0.25) is 0 Å². The molecule has 26 heavy (non-hydrogen) atoms. The summed E-state index contributed by atoms with van der Waals surface area (Å²) in [4.78, 5) is 12.0. The van der Waals surface area contributed by atoms with Gasteiger partial charge in [-0.25, -0.2) is 17.9 Å². The second kappa shape index (κ2) is 8.47. The number of benzene rings is 2. The zero-order valence-electron chi connectivity index (χ0n) is 14.5. The van der Waals surface area contributed by atoms with Gasteiger partial charge in [0.2, 0.25) is 10.0 Å². The predicted octanol–water partition coefficient (Wildman–Crippen LogP) is 2.28. The number of nitrogens with zero attached hydrogens (tertiary/aromatic N) is 1. The first-order valence-electron chi connectivity index (χ1n) is 7.94. The maximum atomic E-state index is 12.3. The van der Waals surface area contributed by atoms with Crippen LogP contribution in [-0.4, -0.2) is 27.5 Å². The quantitative estimate of drug-likeness (QED) is 0.675. The van der Waals surface area contributed by atoms with Crippen LogP contribution in [0, 0.1) is 25.2 Å². The van der Waals surface area contributed by atoms with E-state index in [9.17, 15) is 13.2 Å². The van der Waals surface area contributed by atoms with E-state index in [1.54, 1.807) is 43.3 Å². The van der Waals surface area contributed by atoms with Crippen molar-refractivity contribution in [3.63, 3.8) is 0 Å². The van der Waals surface area contributed by atoms with Crippen molar-refractivity contribution in [2.24, 2.45) is 0 Å². The van der Waals surface area contributed by atoms with Crippen molar-refractivity contribution in [2.75, 3.05) is 18.4 Å². The number of rotatable bonds is 6. The third kappa shape index (κ3) is 5.31. The maximum Gasteiger partial charge on any atom is 0.319 e. The lowest BCUT2D eigenvalue weighted by molar-refractivity contribution is 0.252. The highest BCUT2D eigenvalue weighted by Crippen LogP contribution is 2.16. The first-order chi connectivity index (χ1) is 12.3. The van der Waals surface area contributed by atoms with E-state index in [1.807, 2.05) is 19.1 Å². The van der Waals surface area contributed by atoms with Crippen LogP contribution in [0.4, 0.5) is 10.5 Å². The lowest BCUT2D eigenvalue weighted by Crippen LogP contribution is -2.37. The molecule has 2 rings (SSSR count). The lowest BCUT2D eigenvalue weighted by Gasteiger charge is -2.11. The molecular formula is C18H20N4O3S. The Bertz CT molecular complexity index is 932. The summed E-state index contributed by atoms with van der Waals surface area (Å²) in [5, 5.41) is 13.9. The summed E-state index contributed by atoms with van der Waals surface area (Å²) in [6, 6.07) is 13.2. The van der Waals surface area contributed by atoms with Crippen LogP contribution >= 0.6 is 0 Å². The topological polar surface area (TPSA) is 111 Å². The van der Waals surface area contributed by atoms with Crippen molar-refractivity contribution in [2.45, 2.75) is 18.7 Å². The Kier molecular flexibility index (Phi) is 6.33. The molecule has 2 aromatic rings. The van der Waals surface area contributed by atoms with E-state index in [4.69, 9.17) is 5.26 Å². The summed E-state index contributed by atoms with van der Waals surface area (Å²) in [5.41, 5.74) is 2.56. The average molecular weight is 372 g/mol. The van der Waals surface area contributed by atoms with Gasteiger partial charge in [-0.05, 0) is 55.3 Å². The molecule has 0 aliphatic carbocycles. The van der Waals surface area contributed by atoms with Crippen LogP contribution < -0.4 is 15.4 Å². The third-order valence-corrected chi connectivity index (χ3v) is 5.21. The minimum Gasteiger partial charge on any atom is -0.337 e. The molecule has 8 heteroatoms. The van der Waals surface area contributed by atoms with Crippen LogP contribution in [0.1, 0.15) is 16.7 Å². The van der Waals surface area contributed by atoms with E-state index in [0.29, 0.717) is 16.8 Å². The summed E-state index contributed by atoms with van der Waals surface area (Å²) < 4.78 is 27.1. The fourth-order valence-corrected chi connectivity index (χ4v) is 3.60. The predicted molar refractivity (Wildman–Crippen MR) is 99.3 cm³/mol. The van der Waals surface area contributed by atoms with E-state index >= 15 is 0 Å². The van der Waals surface area contributed by atoms with Crippen LogP contribution in [0.3, 0.4) is 0 Å². The molecule has 0 atom stereocenters. The van der Waals surface area contributed by atoms with E-state index in [1.165, 1.54) is 0 Å². The number of amides is 2. The van der Waals surface area contributed by atoms with Crippen LogP contribution in [0.25, 0.3) is 0 Å². The van der Waals surface area contributed by atoms with Crippen molar-refractivity contribution in [1.29, 1.82) is 5.26 Å².